The molecule has 0 aliphatic carbocycles. The summed E-state index contributed by atoms with van der Waals surface area (Å²) in [5, 5.41) is 31.2. The number of carbonyl (C=O) groups is 4. The second-order valence-electron chi connectivity index (χ2n) is 10.1. The zero-order chi connectivity index (χ0) is 33.7. The van der Waals surface area contributed by atoms with E-state index in [1.54, 1.807) is 7.11 Å². The lowest BCUT2D eigenvalue weighted by Crippen LogP contribution is -2.47. The molecule has 4 rings (SSSR count). The third-order valence-corrected chi connectivity index (χ3v) is 6.88. The van der Waals surface area contributed by atoms with Crippen molar-refractivity contribution in [2.75, 3.05) is 33.3 Å². The Hall–Kier alpha value is -5.26. The Morgan fingerprint density at radius 1 is 0.652 bits per heavy atom. The van der Waals surface area contributed by atoms with E-state index in [0.717, 1.165) is 51.3 Å². The molecule has 1 aliphatic rings. The highest BCUT2D eigenvalue weighted by atomic mass is 16.5. The van der Waals surface area contributed by atoms with Gasteiger partial charge in [0.25, 0.3) is 0 Å². The molecule has 1 aliphatic heterocycles. The number of hydrogen-bond acceptors (Lipinski definition) is 7. The molecular formula is C35H40N2O9. The van der Waals surface area contributed by atoms with Crippen LogP contribution in [0.15, 0.2) is 109 Å². The number of aryl methyl sites for hydroxylation is 1. The average Bonchev–Trinajstić information content (AvgIpc) is 3.05. The zero-order valence-electron chi connectivity index (χ0n) is 25.6. The summed E-state index contributed by atoms with van der Waals surface area (Å²) in [7, 11) is 1.73. The minimum atomic E-state index is -1.26. The standard InChI is InChI=1S/C27H32N2O.2C4H4O4/c1-30-26-15-13-25(14-16-26)27(17-12-23-8-4-2-5-9-23)29-20-18-28(19-21-29)22-24-10-6-3-7-11-24;2*5-3(6)1-2-4(7)8/h2-11,13-16,27H,12,17-22H2,1H3;2*1-2H,(H,5,6)(H,7,8)/b;2*2-1-. The van der Waals surface area contributed by atoms with Crippen LogP contribution >= 0.6 is 0 Å². The highest BCUT2D eigenvalue weighted by molar-refractivity contribution is 5.90. The van der Waals surface area contributed by atoms with Crippen LogP contribution in [0.5, 0.6) is 5.75 Å². The van der Waals surface area contributed by atoms with E-state index in [2.05, 4.69) is 94.7 Å². The smallest absolute Gasteiger partial charge is 0.328 e. The summed E-state index contributed by atoms with van der Waals surface area (Å²) in [5.41, 5.74) is 4.21. The number of nitrogens with zero attached hydrogens (tertiary/aromatic N) is 2. The third kappa shape index (κ3) is 15.5. The molecule has 11 nitrogen and oxygen atoms in total. The van der Waals surface area contributed by atoms with E-state index in [1.807, 2.05) is 0 Å². The first-order chi connectivity index (χ1) is 22.1. The van der Waals surface area contributed by atoms with Gasteiger partial charge in [0.1, 0.15) is 5.75 Å². The van der Waals surface area contributed by atoms with Gasteiger partial charge in [0.2, 0.25) is 0 Å². The van der Waals surface area contributed by atoms with Crippen molar-refractivity contribution in [1.82, 2.24) is 9.80 Å². The Kier molecular flexibility index (Phi) is 16.6. The van der Waals surface area contributed by atoms with Crippen molar-refractivity contribution in [1.29, 1.82) is 0 Å². The number of piperazine rings is 1. The molecule has 1 fully saturated rings. The minimum absolute atomic E-state index is 0.440. The van der Waals surface area contributed by atoms with Gasteiger partial charge in [-0.15, -0.1) is 0 Å². The van der Waals surface area contributed by atoms with Crippen LogP contribution in [0.3, 0.4) is 0 Å². The van der Waals surface area contributed by atoms with Gasteiger partial charge >= 0.3 is 23.9 Å². The van der Waals surface area contributed by atoms with Crippen LogP contribution in [0, 0.1) is 0 Å². The van der Waals surface area contributed by atoms with Crippen LogP contribution in [-0.4, -0.2) is 87.4 Å². The summed E-state index contributed by atoms with van der Waals surface area (Å²) in [6.07, 6.45) is 4.46. The number of rotatable bonds is 12. The molecule has 0 aromatic heterocycles. The molecule has 4 N–H and O–H groups in total. The maximum Gasteiger partial charge on any atom is 0.328 e. The first-order valence-corrected chi connectivity index (χ1v) is 14.5. The van der Waals surface area contributed by atoms with Crippen molar-refractivity contribution in [3.05, 3.63) is 126 Å². The lowest BCUT2D eigenvalue weighted by molar-refractivity contribution is -0.134. The largest absolute Gasteiger partial charge is 0.497 e. The molecule has 244 valence electrons. The van der Waals surface area contributed by atoms with Gasteiger partial charge in [-0.1, -0.05) is 72.8 Å². The molecule has 1 saturated heterocycles. The van der Waals surface area contributed by atoms with Gasteiger partial charge in [0.15, 0.2) is 0 Å². The van der Waals surface area contributed by atoms with Crippen molar-refractivity contribution >= 4 is 23.9 Å². The van der Waals surface area contributed by atoms with E-state index in [9.17, 15) is 19.2 Å². The van der Waals surface area contributed by atoms with Crippen LogP contribution in [0.25, 0.3) is 0 Å². The second-order valence-corrected chi connectivity index (χ2v) is 10.1. The van der Waals surface area contributed by atoms with Crippen molar-refractivity contribution in [2.24, 2.45) is 0 Å². The van der Waals surface area contributed by atoms with Gasteiger partial charge in [0.05, 0.1) is 7.11 Å². The maximum atomic E-state index is 9.55. The molecule has 0 saturated carbocycles. The topological polar surface area (TPSA) is 165 Å². The molecule has 1 atom stereocenters. The van der Waals surface area contributed by atoms with Gasteiger partial charge in [-0.2, -0.15) is 0 Å². The summed E-state index contributed by atoms with van der Waals surface area (Å²) in [6.45, 7) is 5.50. The molecular weight excluding hydrogens is 592 g/mol. The third-order valence-electron chi connectivity index (χ3n) is 6.88. The number of methoxy groups -OCH3 is 1. The molecule has 0 amide bonds. The molecule has 0 radical (unpaired) electrons. The predicted octanol–water partition coefficient (Wildman–Crippen LogP) is 4.61. The molecule has 0 spiro atoms. The van der Waals surface area contributed by atoms with Crippen LogP contribution in [0.4, 0.5) is 0 Å². The van der Waals surface area contributed by atoms with E-state index in [4.69, 9.17) is 25.2 Å². The first-order valence-electron chi connectivity index (χ1n) is 14.5. The van der Waals surface area contributed by atoms with Crippen LogP contribution in [0.2, 0.25) is 0 Å². The van der Waals surface area contributed by atoms with E-state index in [1.165, 1.54) is 16.7 Å². The van der Waals surface area contributed by atoms with Crippen molar-refractivity contribution < 1.29 is 44.3 Å². The van der Waals surface area contributed by atoms with E-state index >= 15 is 0 Å². The number of carboxylic acid groups (broad SMARTS) is 4. The maximum absolute atomic E-state index is 9.55. The molecule has 0 bridgehead atoms. The Labute approximate surface area is 268 Å². The molecule has 1 heterocycles. The van der Waals surface area contributed by atoms with Crippen molar-refractivity contribution in [3.63, 3.8) is 0 Å². The summed E-state index contributed by atoms with van der Waals surface area (Å²) in [6, 6.07) is 30.8. The second kappa shape index (κ2) is 20.7. The van der Waals surface area contributed by atoms with Crippen molar-refractivity contribution in [2.45, 2.75) is 25.4 Å². The highest BCUT2D eigenvalue weighted by Crippen LogP contribution is 2.29. The molecule has 1 unspecified atom stereocenters. The monoisotopic (exact) mass is 632 g/mol. The average molecular weight is 633 g/mol. The zero-order valence-corrected chi connectivity index (χ0v) is 25.6. The van der Waals surface area contributed by atoms with Gasteiger partial charge in [-0.3, -0.25) is 9.80 Å². The Balaban J connectivity index is 0.000000381. The summed E-state index contributed by atoms with van der Waals surface area (Å²) >= 11 is 0. The lowest BCUT2D eigenvalue weighted by atomic mass is 9.96. The Morgan fingerprint density at radius 2 is 1.09 bits per heavy atom. The number of hydrogen-bond donors (Lipinski definition) is 4. The van der Waals surface area contributed by atoms with E-state index in [0.29, 0.717) is 30.3 Å². The van der Waals surface area contributed by atoms with Gasteiger partial charge in [-0.25, -0.2) is 19.2 Å². The van der Waals surface area contributed by atoms with Gasteiger partial charge in [0, 0.05) is 63.1 Å². The van der Waals surface area contributed by atoms with E-state index < -0.39 is 23.9 Å². The van der Waals surface area contributed by atoms with Crippen molar-refractivity contribution in [3.8, 4) is 5.75 Å². The summed E-state index contributed by atoms with van der Waals surface area (Å²) in [5.74, 6) is -4.10. The molecule has 11 heteroatoms. The minimum Gasteiger partial charge on any atom is -0.497 e. The predicted molar refractivity (Wildman–Crippen MR) is 173 cm³/mol. The fourth-order valence-electron chi connectivity index (χ4n) is 4.69. The number of carboxylic acids is 4. The SMILES string of the molecule is COc1ccc(C(CCc2ccccc2)N2CCN(Cc3ccccc3)CC2)cc1.O=C(O)/C=C\C(=O)O.O=C(O)/C=C\C(=O)O. The number of aliphatic carboxylic acids is 4. The first kappa shape index (κ1) is 36.9. The van der Waals surface area contributed by atoms with Gasteiger partial charge in [-0.05, 0) is 41.7 Å². The van der Waals surface area contributed by atoms with Crippen LogP contribution in [0.1, 0.15) is 29.2 Å². The quantitative estimate of drug-likeness (QED) is 0.206. The summed E-state index contributed by atoms with van der Waals surface area (Å²) in [4.78, 5) is 43.5. The number of ether oxygens (including phenoxy) is 1. The Morgan fingerprint density at radius 3 is 1.50 bits per heavy atom. The lowest BCUT2D eigenvalue weighted by Gasteiger charge is -2.39. The molecule has 3 aromatic rings. The van der Waals surface area contributed by atoms with Gasteiger partial charge < -0.3 is 25.2 Å². The van der Waals surface area contributed by atoms with Crippen LogP contribution < -0.4 is 4.74 Å². The number of benzene rings is 3. The summed E-state index contributed by atoms with van der Waals surface area (Å²) < 4.78 is 5.37. The fourth-order valence-corrected chi connectivity index (χ4v) is 4.69. The highest BCUT2D eigenvalue weighted by Gasteiger charge is 2.25. The fraction of sp³-hybridized carbons (Fsp3) is 0.257. The molecule has 3 aromatic carbocycles. The Bertz CT molecular complexity index is 1350. The normalized spacial score (nSPS) is 13.9. The molecule has 46 heavy (non-hydrogen) atoms. The van der Waals surface area contributed by atoms with Crippen LogP contribution in [-0.2, 0) is 32.1 Å². The van der Waals surface area contributed by atoms with E-state index in [-0.39, 0.29) is 0 Å².